The Bertz CT molecular complexity index is 1160. The number of ketones is 1. The lowest BCUT2D eigenvalue weighted by Crippen LogP contribution is -2.27. The molecule has 0 saturated heterocycles. The molecule has 162 valence electrons. The van der Waals surface area contributed by atoms with E-state index in [1.165, 1.54) is 11.4 Å². The molecule has 31 heavy (non-hydrogen) atoms. The van der Waals surface area contributed by atoms with Gasteiger partial charge in [-0.3, -0.25) is 9.59 Å². The molecular formula is C22H25N5O4. The van der Waals surface area contributed by atoms with E-state index < -0.39 is 17.5 Å². The minimum absolute atomic E-state index is 0.131. The highest BCUT2D eigenvalue weighted by atomic mass is 16.5. The molecule has 0 aliphatic heterocycles. The fourth-order valence-corrected chi connectivity index (χ4v) is 2.79. The molecule has 0 aliphatic rings. The van der Waals surface area contributed by atoms with Crippen LogP contribution in [-0.2, 0) is 9.53 Å². The van der Waals surface area contributed by atoms with Gasteiger partial charge in [-0.2, -0.15) is 4.98 Å². The van der Waals surface area contributed by atoms with Crippen molar-refractivity contribution in [2.45, 2.75) is 47.6 Å². The molecule has 1 N–H and O–H groups in total. The summed E-state index contributed by atoms with van der Waals surface area (Å²) in [5.74, 6) is -1.19. The van der Waals surface area contributed by atoms with Gasteiger partial charge in [0.15, 0.2) is 6.10 Å². The summed E-state index contributed by atoms with van der Waals surface area (Å²) >= 11 is 0. The molecule has 3 aromatic rings. The topological polar surface area (TPSA) is 116 Å². The van der Waals surface area contributed by atoms with Gasteiger partial charge in [-0.05, 0) is 51.1 Å². The molecule has 9 heteroatoms. The summed E-state index contributed by atoms with van der Waals surface area (Å²) in [6.07, 6.45) is -1.04. The second kappa shape index (κ2) is 8.25. The molecule has 0 unspecified atom stereocenters. The van der Waals surface area contributed by atoms with Crippen LogP contribution in [0.5, 0.6) is 0 Å². The van der Waals surface area contributed by atoms with Gasteiger partial charge in [0.1, 0.15) is 0 Å². The van der Waals surface area contributed by atoms with Crippen molar-refractivity contribution in [3.63, 3.8) is 0 Å². The van der Waals surface area contributed by atoms with E-state index in [1.807, 2.05) is 40.7 Å². The Kier molecular flexibility index (Phi) is 5.88. The number of nitrogens with one attached hydrogen (secondary N) is 1. The monoisotopic (exact) mass is 423 g/mol. The molecule has 0 saturated carbocycles. The summed E-state index contributed by atoms with van der Waals surface area (Å²) in [6, 6.07) is 8.22. The van der Waals surface area contributed by atoms with Gasteiger partial charge in [-0.1, -0.05) is 20.8 Å². The lowest BCUT2D eigenvalue weighted by molar-refractivity contribution is -0.123. The van der Waals surface area contributed by atoms with Crippen LogP contribution < -0.4 is 5.32 Å². The Morgan fingerprint density at radius 3 is 2.32 bits per heavy atom. The predicted molar refractivity (Wildman–Crippen MR) is 114 cm³/mol. The number of aryl methyl sites for hydroxylation is 2. The maximum absolute atomic E-state index is 12.7. The van der Waals surface area contributed by atoms with Crippen LogP contribution >= 0.6 is 0 Å². The highest BCUT2D eigenvalue weighted by Crippen LogP contribution is 2.18. The van der Waals surface area contributed by atoms with E-state index in [2.05, 4.69) is 20.4 Å². The van der Waals surface area contributed by atoms with Gasteiger partial charge >= 0.3 is 5.97 Å². The third-order valence-corrected chi connectivity index (χ3v) is 4.56. The number of rotatable bonds is 5. The molecule has 0 spiro atoms. The second-order valence-electron chi connectivity index (χ2n) is 8.38. The smallest absolute Gasteiger partial charge is 0.379 e. The average molecular weight is 423 g/mol. The molecular weight excluding hydrogens is 398 g/mol. The fourth-order valence-electron chi connectivity index (χ4n) is 2.79. The standard InChI is InChI=1S/C22H25N5O4/c1-12-11-13(2)27-21(23-12)25-18(26-27)19(29)31-14(3)17(28)15-7-9-16(10-8-15)24-20(30)22(4,5)6/h7-11,14H,1-6H3,(H,24,30)/t14-/m0/s1. The van der Waals surface area contributed by atoms with Gasteiger partial charge in [0.2, 0.25) is 11.7 Å². The SMILES string of the molecule is Cc1cc(C)n2nc(C(=O)O[C@@H](C)C(=O)c3ccc(NC(=O)C(C)(C)C)cc3)nc2n1. The van der Waals surface area contributed by atoms with Crippen molar-refractivity contribution in [1.82, 2.24) is 19.6 Å². The molecule has 1 aromatic carbocycles. The van der Waals surface area contributed by atoms with Crippen LogP contribution in [-0.4, -0.2) is 43.3 Å². The first-order chi connectivity index (χ1) is 14.5. The van der Waals surface area contributed by atoms with E-state index in [0.717, 1.165) is 11.4 Å². The zero-order valence-electron chi connectivity index (χ0n) is 18.4. The third kappa shape index (κ3) is 4.93. The molecule has 2 aromatic heterocycles. The van der Waals surface area contributed by atoms with Crippen LogP contribution in [0, 0.1) is 19.3 Å². The molecule has 2 heterocycles. The number of carbonyl (C=O) groups excluding carboxylic acids is 3. The fraction of sp³-hybridized carbons (Fsp3) is 0.364. The minimum atomic E-state index is -1.04. The number of fused-ring (bicyclic) bond motifs is 1. The normalized spacial score (nSPS) is 12.5. The number of carbonyl (C=O) groups is 3. The van der Waals surface area contributed by atoms with Crippen molar-refractivity contribution < 1.29 is 19.1 Å². The summed E-state index contributed by atoms with van der Waals surface area (Å²) < 4.78 is 6.71. The first-order valence-electron chi connectivity index (χ1n) is 9.83. The van der Waals surface area contributed by atoms with Gasteiger partial charge in [0.25, 0.3) is 11.6 Å². The largest absolute Gasteiger partial charge is 0.448 e. The van der Waals surface area contributed by atoms with Crippen molar-refractivity contribution >= 4 is 29.1 Å². The number of amides is 1. The maximum atomic E-state index is 12.7. The molecule has 0 bridgehead atoms. The van der Waals surface area contributed by atoms with Gasteiger partial charge in [-0.25, -0.2) is 14.3 Å². The molecule has 1 atom stereocenters. The second-order valence-corrected chi connectivity index (χ2v) is 8.38. The van der Waals surface area contributed by atoms with E-state index in [0.29, 0.717) is 11.3 Å². The molecule has 9 nitrogen and oxygen atoms in total. The van der Waals surface area contributed by atoms with Crippen molar-refractivity contribution in [3.05, 3.63) is 53.1 Å². The zero-order valence-corrected chi connectivity index (χ0v) is 18.4. The number of anilines is 1. The molecule has 0 fully saturated rings. The van der Waals surface area contributed by atoms with Gasteiger partial charge in [-0.15, -0.1) is 5.10 Å². The molecule has 3 rings (SSSR count). The summed E-state index contributed by atoms with van der Waals surface area (Å²) in [5.41, 5.74) is 1.92. The average Bonchev–Trinajstić information content (AvgIpc) is 3.11. The minimum Gasteiger partial charge on any atom is -0.448 e. The van der Waals surface area contributed by atoms with Gasteiger partial charge < -0.3 is 10.1 Å². The number of benzene rings is 1. The van der Waals surface area contributed by atoms with Gasteiger partial charge in [0, 0.05) is 28.1 Å². The Hall–Kier alpha value is -3.62. The van der Waals surface area contributed by atoms with Crippen molar-refractivity contribution in [1.29, 1.82) is 0 Å². The van der Waals surface area contributed by atoms with Crippen LogP contribution in [0.3, 0.4) is 0 Å². The maximum Gasteiger partial charge on any atom is 0.379 e. The van der Waals surface area contributed by atoms with Crippen LogP contribution in [0.1, 0.15) is 60.1 Å². The third-order valence-electron chi connectivity index (χ3n) is 4.56. The van der Waals surface area contributed by atoms with Crippen LogP contribution in [0.2, 0.25) is 0 Å². The summed E-state index contributed by atoms with van der Waals surface area (Å²) in [6.45, 7) is 10.6. The number of hydrogen-bond acceptors (Lipinski definition) is 7. The summed E-state index contributed by atoms with van der Waals surface area (Å²) in [7, 11) is 0. The Labute approximate surface area is 179 Å². The zero-order chi connectivity index (χ0) is 22.9. The lowest BCUT2D eigenvalue weighted by atomic mass is 9.95. The van der Waals surface area contributed by atoms with Crippen LogP contribution in [0.15, 0.2) is 30.3 Å². The van der Waals surface area contributed by atoms with Crippen molar-refractivity contribution in [2.24, 2.45) is 5.41 Å². The van der Waals surface area contributed by atoms with Crippen LogP contribution in [0.25, 0.3) is 5.78 Å². The van der Waals surface area contributed by atoms with E-state index in [4.69, 9.17) is 4.74 Å². The Morgan fingerprint density at radius 2 is 1.71 bits per heavy atom. The predicted octanol–water partition coefficient (Wildman–Crippen LogP) is 3.15. The number of esters is 1. The summed E-state index contributed by atoms with van der Waals surface area (Å²) in [4.78, 5) is 45.5. The molecule has 0 radical (unpaired) electrons. The lowest BCUT2D eigenvalue weighted by Gasteiger charge is -2.18. The Balaban J connectivity index is 1.68. The highest BCUT2D eigenvalue weighted by molar-refractivity contribution is 6.01. The van der Waals surface area contributed by atoms with Gasteiger partial charge in [0.05, 0.1) is 0 Å². The molecule has 0 aliphatic carbocycles. The quantitative estimate of drug-likeness (QED) is 0.495. The molecule has 1 amide bonds. The van der Waals surface area contributed by atoms with Crippen molar-refractivity contribution in [2.75, 3.05) is 5.32 Å². The van der Waals surface area contributed by atoms with Crippen molar-refractivity contribution in [3.8, 4) is 0 Å². The highest BCUT2D eigenvalue weighted by Gasteiger charge is 2.24. The first-order valence-corrected chi connectivity index (χ1v) is 9.83. The number of nitrogens with zero attached hydrogens (tertiary/aromatic N) is 4. The first kappa shape index (κ1) is 22.1. The van der Waals surface area contributed by atoms with E-state index in [1.54, 1.807) is 24.3 Å². The number of ether oxygens (including phenoxy) is 1. The number of aromatic nitrogens is 4. The summed E-state index contributed by atoms with van der Waals surface area (Å²) in [5, 5.41) is 6.91. The van der Waals surface area contributed by atoms with E-state index in [9.17, 15) is 14.4 Å². The van der Waals surface area contributed by atoms with E-state index >= 15 is 0 Å². The number of hydrogen-bond donors (Lipinski definition) is 1. The van der Waals surface area contributed by atoms with E-state index in [-0.39, 0.29) is 23.3 Å². The Morgan fingerprint density at radius 1 is 1.06 bits per heavy atom. The van der Waals surface area contributed by atoms with Crippen LogP contribution in [0.4, 0.5) is 5.69 Å². The number of Topliss-reactive ketones (excluding diaryl/α,β-unsaturated/α-hetero) is 1.